The van der Waals surface area contributed by atoms with Crippen molar-refractivity contribution in [2.24, 2.45) is 0 Å². The third kappa shape index (κ3) is 10.7. The van der Waals surface area contributed by atoms with Gasteiger partial charge >= 0.3 is 0 Å². The highest BCUT2D eigenvalue weighted by molar-refractivity contribution is 6.32. The van der Waals surface area contributed by atoms with Gasteiger partial charge in [0.1, 0.15) is 22.3 Å². The highest BCUT2D eigenvalue weighted by Crippen LogP contribution is 2.55. The molecular weight excluding hydrogens is 1360 g/mol. The van der Waals surface area contributed by atoms with Gasteiger partial charge in [-0.15, -0.1) is 0 Å². The molecule has 0 aliphatic heterocycles. The second kappa shape index (κ2) is 26.3. The second-order valence-corrected chi connectivity index (χ2v) is 30.7. The van der Waals surface area contributed by atoms with E-state index in [0.29, 0.717) is 0 Å². The lowest BCUT2D eigenvalue weighted by Gasteiger charge is -2.28. The van der Waals surface area contributed by atoms with Gasteiger partial charge in [0.2, 0.25) is 0 Å². The van der Waals surface area contributed by atoms with Crippen LogP contribution in [0.2, 0.25) is 0 Å². The number of hydrogen-bond donors (Lipinski definition) is 0. The minimum atomic E-state index is -0.113. The van der Waals surface area contributed by atoms with Crippen LogP contribution in [0.3, 0.4) is 0 Å². The summed E-state index contributed by atoms with van der Waals surface area (Å²) in [5, 5.41) is 13.8. The Bertz CT molecular complexity index is 6990. The molecule has 2 aliphatic carbocycles. The van der Waals surface area contributed by atoms with Gasteiger partial charge in [-0.3, -0.25) is 0 Å². The third-order valence-electron chi connectivity index (χ3n) is 23.6. The molecular formula is C106H76N4O2. The molecule has 0 radical (unpaired) electrons. The first-order chi connectivity index (χ1) is 55.1. The summed E-state index contributed by atoms with van der Waals surface area (Å²) < 4.78 is 14.0. The van der Waals surface area contributed by atoms with E-state index in [9.17, 15) is 0 Å². The highest BCUT2D eigenvalue weighted by Gasteiger charge is 2.38. The van der Waals surface area contributed by atoms with E-state index in [1.807, 2.05) is 0 Å². The van der Waals surface area contributed by atoms with Gasteiger partial charge in [-0.2, -0.15) is 0 Å². The molecule has 0 N–H and O–H groups in total. The van der Waals surface area contributed by atoms with Crippen molar-refractivity contribution < 1.29 is 8.83 Å². The van der Waals surface area contributed by atoms with Crippen molar-refractivity contribution in [3.8, 4) is 22.3 Å². The number of hydrogen-bond acceptors (Lipinski definition) is 6. The molecule has 2 heterocycles. The van der Waals surface area contributed by atoms with E-state index in [1.54, 1.807) is 0 Å². The standard InChI is InChI=1S/C62H46N2O.C44H30N2O/c1-61(2)54-25-15-13-22-46(54)48-31-27-42(36-56(48)61)63(39-17-7-5-8-18-39)41-29-33-51-53(35-41)45-21-11-12-24-50(45)59-52-34-30-44(38-58(52)65-60(51)59)64(40-19-9-6-10-20-40)43-28-32-49-47-23-14-16-26-55(47)62(3,4)57(49)37-43;1-5-15-31(16-6-1)45(32-17-7-2-8-18-32)35-25-27-39-41(29-35)37-23-13-14-24-38(37)43-40-28-26-36(30-42(40)47-44(39)43)46(33-19-9-3-10-20-33)34-21-11-4-12-22-34/h5-38H,1-4H3;1-30H. The first-order valence-electron chi connectivity index (χ1n) is 38.7. The maximum Gasteiger partial charge on any atom is 0.143 e. The van der Waals surface area contributed by atoms with Gasteiger partial charge in [-0.05, 0) is 235 Å². The Morgan fingerprint density at radius 3 is 0.768 bits per heavy atom. The van der Waals surface area contributed by atoms with Crippen molar-refractivity contribution in [2.75, 3.05) is 19.6 Å². The third-order valence-corrected chi connectivity index (χ3v) is 23.6. The Kier molecular flexibility index (Phi) is 15.5. The Hall–Kier alpha value is -14.2. The zero-order chi connectivity index (χ0) is 74.8. The number of nitrogens with zero attached hydrogens (tertiary/aromatic N) is 4. The van der Waals surface area contributed by atoms with E-state index in [1.165, 1.54) is 66.1 Å². The molecule has 6 heteroatoms. The van der Waals surface area contributed by atoms with E-state index in [-0.39, 0.29) is 10.8 Å². The normalized spacial score (nSPS) is 13.0. The van der Waals surface area contributed by atoms with Crippen LogP contribution in [0.15, 0.2) is 397 Å². The van der Waals surface area contributed by atoms with Crippen molar-refractivity contribution >= 4 is 155 Å². The van der Waals surface area contributed by atoms with Gasteiger partial charge in [0.05, 0.1) is 0 Å². The van der Waals surface area contributed by atoms with E-state index >= 15 is 0 Å². The van der Waals surface area contributed by atoms with E-state index in [2.05, 4.69) is 436 Å². The molecule has 0 bridgehead atoms. The van der Waals surface area contributed by atoms with Crippen molar-refractivity contribution in [3.05, 3.63) is 411 Å². The number of fused-ring (bicyclic) bond motifs is 22. The molecule has 22 rings (SSSR count). The summed E-state index contributed by atoms with van der Waals surface area (Å²) in [6.45, 7) is 9.39. The molecule has 532 valence electrons. The van der Waals surface area contributed by atoms with Crippen LogP contribution in [0.25, 0.3) is 109 Å². The molecule has 0 fully saturated rings. The molecule has 18 aromatic carbocycles. The molecule has 0 atom stereocenters. The molecule has 20 aromatic rings. The minimum Gasteiger partial charge on any atom is -0.455 e. The average molecular weight is 1440 g/mol. The summed E-state index contributed by atoms with van der Waals surface area (Å²) in [4.78, 5) is 9.35. The molecule has 6 nitrogen and oxygen atoms in total. The van der Waals surface area contributed by atoms with Gasteiger partial charge in [-0.1, -0.05) is 246 Å². The van der Waals surface area contributed by atoms with Crippen LogP contribution in [0, 0.1) is 0 Å². The number of anilines is 12. The Balaban J connectivity index is 0.000000149. The molecule has 112 heavy (non-hydrogen) atoms. The fourth-order valence-corrected chi connectivity index (χ4v) is 18.3. The molecule has 0 saturated carbocycles. The maximum absolute atomic E-state index is 7.12. The SMILES string of the molecule is CC1(C)c2ccccc2-c2ccc(N(c3ccccc3)c3ccc4c(c3)oc3c5ccc(N(c6ccccc6)c6ccc7c(c6)C(C)(C)c6ccccc6-7)cc5c5ccccc5c43)cc21.c1ccc(N(c2ccccc2)c2ccc3c(c2)oc2c4ccc(N(c5ccccc5)c5ccccc5)cc4c4ccccc4c32)cc1. The van der Waals surface area contributed by atoms with E-state index in [0.717, 1.165) is 134 Å². The number of benzene rings is 18. The predicted molar refractivity (Wildman–Crippen MR) is 471 cm³/mol. The second-order valence-electron chi connectivity index (χ2n) is 30.7. The maximum atomic E-state index is 7.12. The van der Waals surface area contributed by atoms with Crippen LogP contribution in [-0.4, -0.2) is 0 Å². The quantitative estimate of drug-likeness (QED) is 0.114. The van der Waals surface area contributed by atoms with Crippen LogP contribution in [0.4, 0.5) is 68.2 Å². The average Bonchev–Trinajstić information content (AvgIpc) is 1.46. The Morgan fingerprint density at radius 2 is 0.429 bits per heavy atom. The summed E-state index contributed by atoms with van der Waals surface area (Å²) >= 11 is 0. The number of furan rings is 2. The summed E-state index contributed by atoms with van der Waals surface area (Å²) in [5.41, 5.74) is 27.2. The fourth-order valence-electron chi connectivity index (χ4n) is 18.3. The first kappa shape index (κ1) is 66.0. The summed E-state index contributed by atoms with van der Waals surface area (Å²) in [5.74, 6) is 0. The topological polar surface area (TPSA) is 39.2 Å². The van der Waals surface area contributed by atoms with Crippen molar-refractivity contribution in [1.82, 2.24) is 0 Å². The van der Waals surface area contributed by atoms with Gasteiger partial charge in [0, 0.05) is 124 Å². The Labute approximate surface area is 650 Å². The molecule has 0 amide bonds. The first-order valence-corrected chi connectivity index (χ1v) is 38.7. The van der Waals surface area contributed by atoms with Crippen LogP contribution in [0.5, 0.6) is 0 Å². The lowest BCUT2D eigenvalue weighted by atomic mass is 9.82. The lowest BCUT2D eigenvalue weighted by Crippen LogP contribution is -2.16. The molecule has 2 aliphatic rings. The van der Waals surface area contributed by atoms with Crippen LogP contribution in [-0.2, 0) is 10.8 Å². The van der Waals surface area contributed by atoms with Gasteiger partial charge in [0.25, 0.3) is 0 Å². The highest BCUT2D eigenvalue weighted by atomic mass is 16.3. The summed E-state index contributed by atoms with van der Waals surface area (Å²) in [7, 11) is 0. The summed E-state index contributed by atoms with van der Waals surface area (Å²) in [6, 6.07) is 140. The van der Waals surface area contributed by atoms with Crippen molar-refractivity contribution in [3.63, 3.8) is 0 Å². The van der Waals surface area contributed by atoms with Gasteiger partial charge < -0.3 is 28.4 Å². The van der Waals surface area contributed by atoms with Crippen molar-refractivity contribution in [2.45, 2.75) is 38.5 Å². The van der Waals surface area contributed by atoms with Gasteiger partial charge in [-0.25, -0.2) is 0 Å². The van der Waals surface area contributed by atoms with Crippen molar-refractivity contribution in [1.29, 1.82) is 0 Å². The van der Waals surface area contributed by atoms with Gasteiger partial charge in [0.15, 0.2) is 0 Å². The fraction of sp³-hybridized carbons (Fsp3) is 0.0566. The smallest absolute Gasteiger partial charge is 0.143 e. The largest absolute Gasteiger partial charge is 0.455 e. The van der Waals surface area contributed by atoms with E-state index < -0.39 is 0 Å². The molecule has 0 unspecified atom stereocenters. The predicted octanol–water partition coefficient (Wildman–Crippen LogP) is 30.3. The van der Waals surface area contributed by atoms with Crippen LogP contribution >= 0.6 is 0 Å². The van der Waals surface area contributed by atoms with Crippen LogP contribution in [0.1, 0.15) is 49.9 Å². The summed E-state index contributed by atoms with van der Waals surface area (Å²) in [6.07, 6.45) is 0. The van der Waals surface area contributed by atoms with Crippen LogP contribution < -0.4 is 19.6 Å². The minimum absolute atomic E-state index is 0.112. The zero-order valence-electron chi connectivity index (χ0n) is 62.6. The number of para-hydroxylation sites is 6. The lowest BCUT2D eigenvalue weighted by molar-refractivity contribution is 0.660. The van der Waals surface area contributed by atoms with E-state index in [4.69, 9.17) is 8.83 Å². The Morgan fingerprint density at radius 1 is 0.179 bits per heavy atom. The molecule has 0 saturated heterocycles. The zero-order valence-corrected chi connectivity index (χ0v) is 62.6. The monoisotopic (exact) mass is 1440 g/mol. The molecule has 2 aromatic heterocycles. The number of rotatable bonds is 12. The molecule has 0 spiro atoms.